The van der Waals surface area contributed by atoms with E-state index in [1.54, 1.807) is 56.7 Å². The number of benzene rings is 3. The molecular weight excluding hydrogens is 506 g/mol. The highest BCUT2D eigenvalue weighted by atomic mass is 16.5. The third-order valence-electron chi connectivity index (χ3n) is 6.56. The van der Waals surface area contributed by atoms with Crippen LogP contribution >= 0.6 is 0 Å². The summed E-state index contributed by atoms with van der Waals surface area (Å²) >= 11 is 0. The van der Waals surface area contributed by atoms with Crippen molar-refractivity contribution in [3.8, 4) is 22.6 Å². The Kier molecular flexibility index (Phi) is 7.63. The highest BCUT2D eigenvalue weighted by Gasteiger charge is 2.25. The molecule has 0 atom stereocenters. The standard InChI is InChI=1S/C31H29N5O4/c1-39-20-8-10-22-23-11-9-21(40-2)16-25(23)26(24(22)15-20)17-30(37)34-14-13-33-29-12-7-19(18-35-29)31(38)36-28-6-4-3-5-27(28)32/h3-12,15-18H,13-14,32H2,1-2H3,(H,33,35)(H,34,37)(H,36,38). The number of pyridine rings is 1. The van der Waals surface area contributed by atoms with Gasteiger partial charge in [0.25, 0.3) is 5.91 Å². The van der Waals surface area contributed by atoms with Gasteiger partial charge < -0.3 is 31.2 Å². The molecule has 9 heteroatoms. The van der Waals surface area contributed by atoms with Crippen molar-refractivity contribution in [2.45, 2.75) is 0 Å². The van der Waals surface area contributed by atoms with Gasteiger partial charge in [-0.3, -0.25) is 9.59 Å². The van der Waals surface area contributed by atoms with Gasteiger partial charge in [0.15, 0.2) is 0 Å². The number of nitrogens with two attached hydrogens (primary N) is 1. The number of nitrogens with zero attached hydrogens (tertiary/aromatic N) is 1. The fourth-order valence-electron chi connectivity index (χ4n) is 4.51. The Hall–Kier alpha value is -5.31. The molecule has 1 aromatic heterocycles. The van der Waals surface area contributed by atoms with Crippen LogP contribution in [0, 0.1) is 0 Å². The lowest BCUT2D eigenvalue weighted by Gasteiger charge is -2.09. The zero-order chi connectivity index (χ0) is 28.1. The summed E-state index contributed by atoms with van der Waals surface area (Å²) in [5.74, 6) is 1.49. The van der Waals surface area contributed by atoms with Crippen molar-refractivity contribution < 1.29 is 19.1 Å². The Bertz CT molecular complexity index is 1540. The minimum absolute atomic E-state index is 0.221. The van der Waals surface area contributed by atoms with Gasteiger partial charge in [-0.2, -0.15) is 0 Å². The quantitative estimate of drug-likeness (QED) is 0.124. The first kappa shape index (κ1) is 26.3. The first-order valence-electron chi connectivity index (χ1n) is 12.7. The van der Waals surface area contributed by atoms with Gasteiger partial charge in [0.1, 0.15) is 17.3 Å². The van der Waals surface area contributed by atoms with Crippen LogP contribution in [0.25, 0.3) is 16.7 Å². The lowest BCUT2D eigenvalue weighted by atomic mass is 10.0. The number of hydrogen-bond donors (Lipinski definition) is 4. The fourth-order valence-corrected chi connectivity index (χ4v) is 4.51. The number of carbonyl (C=O) groups excluding carboxylic acids is 2. The summed E-state index contributed by atoms with van der Waals surface area (Å²) in [6.45, 7) is 0.818. The van der Waals surface area contributed by atoms with Gasteiger partial charge in [0.2, 0.25) is 5.91 Å². The van der Waals surface area contributed by atoms with E-state index in [0.29, 0.717) is 47.3 Å². The SMILES string of the molecule is COc1ccc2c(c1)C(=CC(=O)NCCNc1ccc(C(=O)Nc3ccccc3N)cn1)c1cc(OC)ccc1-2. The van der Waals surface area contributed by atoms with Gasteiger partial charge in [0, 0.05) is 25.4 Å². The van der Waals surface area contributed by atoms with Crippen molar-refractivity contribution in [2.75, 3.05) is 43.7 Å². The van der Waals surface area contributed by atoms with Gasteiger partial charge in [0.05, 0.1) is 31.2 Å². The van der Waals surface area contributed by atoms with Crippen molar-refractivity contribution in [3.63, 3.8) is 0 Å². The molecule has 0 fully saturated rings. The van der Waals surface area contributed by atoms with E-state index in [1.807, 2.05) is 36.4 Å². The van der Waals surface area contributed by atoms with E-state index in [0.717, 1.165) is 27.8 Å². The molecule has 4 aromatic rings. The van der Waals surface area contributed by atoms with Crippen LogP contribution in [-0.2, 0) is 4.79 Å². The van der Waals surface area contributed by atoms with Crippen LogP contribution < -0.4 is 31.2 Å². The number of methoxy groups -OCH3 is 2. The maximum absolute atomic E-state index is 12.9. The molecule has 3 aromatic carbocycles. The molecule has 5 N–H and O–H groups in total. The van der Waals surface area contributed by atoms with E-state index >= 15 is 0 Å². The van der Waals surface area contributed by atoms with Gasteiger partial charge >= 0.3 is 0 Å². The molecule has 202 valence electrons. The molecule has 0 aliphatic heterocycles. The number of amides is 2. The molecule has 0 radical (unpaired) electrons. The van der Waals surface area contributed by atoms with Crippen molar-refractivity contribution >= 4 is 34.6 Å². The Morgan fingerprint density at radius 1 is 0.850 bits per heavy atom. The van der Waals surface area contributed by atoms with E-state index in [9.17, 15) is 9.59 Å². The molecule has 0 spiro atoms. The number of nitrogens with one attached hydrogen (secondary N) is 3. The van der Waals surface area contributed by atoms with Crippen molar-refractivity contribution in [1.29, 1.82) is 0 Å². The molecule has 1 heterocycles. The average molecular weight is 536 g/mol. The number of nitrogen functional groups attached to an aromatic ring is 1. The monoisotopic (exact) mass is 535 g/mol. The Balaban J connectivity index is 1.19. The molecule has 0 saturated heterocycles. The minimum Gasteiger partial charge on any atom is -0.497 e. The van der Waals surface area contributed by atoms with Gasteiger partial charge in [-0.15, -0.1) is 0 Å². The summed E-state index contributed by atoms with van der Waals surface area (Å²) in [7, 11) is 3.24. The van der Waals surface area contributed by atoms with Crippen LogP contribution in [0.15, 0.2) is 85.1 Å². The smallest absolute Gasteiger partial charge is 0.257 e. The highest BCUT2D eigenvalue weighted by molar-refractivity contribution is 6.08. The second kappa shape index (κ2) is 11.6. The van der Waals surface area contributed by atoms with Crippen molar-refractivity contribution in [3.05, 3.63) is 102 Å². The molecule has 9 nitrogen and oxygen atoms in total. The van der Waals surface area contributed by atoms with E-state index < -0.39 is 0 Å². The van der Waals surface area contributed by atoms with Crippen molar-refractivity contribution in [2.24, 2.45) is 0 Å². The number of ether oxygens (including phenoxy) is 2. The maximum Gasteiger partial charge on any atom is 0.257 e. The van der Waals surface area contributed by atoms with E-state index in [4.69, 9.17) is 15.2 Å². The Labute approximate surface area is 232 Å². The molecule has 1 aliphatic rings. The average Bonchev–Trinajstić information content (AvgIpc) is 3.28. The maximum atomic E-state index is 12.9. The first-order valence-corrected chi connectivity index (χ1v) is 12.7. The summed E-state index contributed by atoms with van der Waals surface area (Å²) in [5.41, 5.74) is 12.1. The number of rotatable bonds is 9. The highest BCUT2D eigenvalue weighted by Crippen LogP contribution is 2.46. The predicted octanol–water partition coefficient (Wildman–Crippen LogP) is 4.57. The van der Waals surface area contributed by atoms with Crippen molar-refractivity contribution in [1.82, 2.24) is 10.3 Å². The summed E-state index contributed by atoms with van der Waals surface area (Å²) in [4.78, 5) is 29.7. The first-order chi connectivity index (χ1) is 19.5. The van der Waals surface area contributed by atoms with Gasteiger partial charge in [-0.25, -0.2) is 4.98 Å². The second-order valence-electron chi connectivity index (χ2n) is 9.07. The number of hydrogen-bond acceptors (Lipinski definition) is 7. The third-order valence-corrected chi connectivity index (χ3v) is 6.56. The molecule has 0 saturated carbocycles. The number of anilines is 3. The van der Waals surface area contributed by atoms with Crippen LogP contribution in [0.2, 0.25) is 0 Å². The van der Waals surface area contributed by atoms with E-state index in [-0.39, 0.29) is 11.8 Å². The van der Waals surface area contributed by atoms with Crippen LogP contribution in [0.3, 0.4) is 0 Å². The number of aromatic nitrogens is 1. The molecule has 5 rings (SSSR count). The lowest BCUT2D eigenvalue weighted by Crippen LogP contribution is -2.27. The largest absolute Gasteiger partial charge is 0.497 e. The third kappa shape index (κ3) is 5.58. The normalized spacial score (nSPS) is 11.2. The summed E-state index contributed by atoms with van der Waals surface area (Å²) < 4.78 is 10.8. The van der Waals surface area contributed by atoms with Crippen LogP contribution in [0.5, 0.6) is 11.5 Å². The van der Waals surface area contributed by atoms with E-state index in [2.05, 4.69) is 20.9 Å². The molecule has 2 amide bonds. The molecular formula is C31H29N5O4. The summed E-state index contributed by atoms with van der Waals surface area (Å²) in [5, 5.41) is 8.84. The minimum atomic E-state index is -0.303. The lowest BCUT2D eigenvalue weighted by molar-refractivity contribution is -0.116. The molecule has 1 aliphatic carbocycles. The molecule has 0 bridgehead atoms. The zero-order valence-electron chi connectivity index (χ0n) is 22.2. The van der Waals surface area contributed by atoms with Gasteiger partial charge in [-0.1, -0.05) is 24.3 Å². The van der Waals surface area contributed by atoms with Crippen LogP contribution in [0.4, 0.5) is 17.2 Å². The molecule has 40 heavy (non-hydrogen) atoms. The topological polar surface area (TPSA) is 128 Å². The Morgan fingerprint density at radius 3 is 2.12 bits per heavy atom. The zero-order valence-corrected chi connectivity index (χ0v) is 22.2. The second-order valence-corrected chi connectivity index (χ2v) is 9.07. The Morgan fingerprint density at radius 2 is 1.52 bits per heavy atom. The molecule has 0 unspecified atom stereocenters. The summed E-state index contributed by atoms with van der Waals surface area (Å²) in [6, 6.07) is 22.1. The number of para-hydroxylation sites is 2. The van der Waals surface area contributed by atoms with Gasteiger partial charge in [-0.05, 0) is 76.4 Å². The predicted molar refractivity (Wildman–Crippen MR) is 157 cm³/mol. The van der Waals surface area contributed by atoms with Crippen LogP contribution in [-0.4, -0.2) is 44.1 Å². The fraction of sp³-hybridized carbons (Fsp3) is 0.129. The van der Waals surface area contributed by atoms with Crippen LogP contribution in [0.1, 0.15) is 21.5 Å². The van der Waals surface area contributed by atoms with E-state index in [1.165, 1.54) is 6.20 Å². The summed E-state index contributed by atoms with van der Waals surface area (Å²) in [6.07, 6.45) is 3.09. The number of fused-ring (bicyclic) bond motifs is 3. The number of carbonyl (C=O) groups is 2.